The van der Waals surface area contributed by atoms with Crippen LogP contribution in [0.15, 0.2) is 18.2 Å². The topological polar surface area (TPSA) is 57.4 Å². The number of nitrogens with one attached hydrogen (secondary N) is 2. The highest BCUT2D eigenvalue weighted by molar-refractivity contribution is 6.34. The van der Waals surface area contributed by atoms with Gasteiger partial charge >= 0.3 is 0 Å². The van der Waals surface area contributed by atoms with Gasteiger partial charge in [-0.1, -0.05) is 39.3 Å². The molecular weight excluding hydrogens is 476 g/mol. The first-order valence-corrected chi connectivity index (χ1v) is 13.9. The van der Waals surface area contributed by atoms with Crippen LogP contribution in [-0.4, -0.2) is 19.9 Å². The molecule has 3 aromatic heterocycles. The molecule has 192 valence electrons. The van der Waals surface area contributed by atoms with Crippen molar-refractivity contribution in [2.45, 2.75) is 81.1 Å². The van der Waals surface area contributed by atoms with Gasteiger partial charge in [-0.25, -0.2) is 9.97 Å². The Hall–Kier alpha value is -3.11. The fourth-order valence-corrected chi connectivity index (χ4v) is 6.42. The van der Waals surface area contributed by atoms with E-state index in [2.05, 4.69) is 83.6 Å². The Bertz CT molecular complexity index is 1660. The molecule has 3 aromatic rings. The Labute approximate surface area is 224 Å². The number of aryl methyl sites for hydroxylation is 4. The van der Waals surface area contributed by atoms with Crippen LogP contribution in [0.4, 0.5) is 0 Å². The van der Waals surface area contributed by atoms with Crippen molar-refractivity contribution in [2.24, 2.45) is 0 Å². The van der Waals surface area contributed by atoms with E-state index in [9.17, 15) is 0 Å². The van der Waals surface area contributed by atoms with Crippen LogP contribution in [0, 0.1) is 13.8 Å². The van der Waals surface area contributed by atoms with Gasteiger partial charge in [0.25, 0.3) is 0 Å². The van der Waals surface area contributed by atoms with Gasteiger partial charge in [-0.2, -0.15) is 0 Å². The van der Waals surface area contributed by atoms with Gasteiger partial charge < -0.3 is 9.97 Å². The Morgan fingerprint density at radius 1 is 0.595 bits per heavy atom. The summed E-state index contributed by atoms with van der Waals surface area (Å²) in [5.74, 6) is 0. The molecule has 2 aliphatic rings. The second kappa shape index (κ2) is 9.64. The van der Waals surface area contributed by atoms with Crippen LogP contribution in [0.1, 0.15) is 99.4 Å². The summed E-state index contributed by atoms with van der Waals surface area (Å²) in [6.07, 6.45) is 3.67. The Kier molecular flexibility index (Phi) is 6.66. The Morgan fingerprint density at radius 2 is 1.11 bits per heavy atom. The fraction of sp³-hybridized carbons (Fsp3) is 0.375. The van der Waals surface area contributed by atoms with Crippen molar-refractivity contribution in [3.63, 3.8) is 0 Å². The third-order valence-corrected chi connectivity index (χ3v) is 8.65. The average Bonchev–Trinajstić information content (AvgIpc) is 3.56. The number of nitrogens with zero attached hydrogens (tertiary/aromatic N) is 2. The SMILES string of the molecule is CCC1=C(C)c2nc1cc1[nH]c(cc3[nH]c(cc4nc(c2Cl)C(CC)=C4C)c(CC)c3C)c(CC)c1C. The number of hydrogen-bond donors (Lipinski definition) is 2. The molecule has 5 rings (SSSR count). The molecule has 37 heavy (non-hydrogen) atoms. The molecule has 0 radical (unpaired) electrons. The van der Waals surface area contributed by atoms with Crippen LogP contribution in [0.25, 0.3) is 44.4 Å². The van der Waals surface area contributed by atoms with Crippen molar-refractivity contribution in [1.82, 2.24) is 19.9 Å². The molecule has 0 atom stereocenters. The van der Waals surface area contributed by atoms with E-state index in [4.69, 9.17) is 21.6 Å². The number of aromatic amines is 2. The molecule has 2 aliphatic heterocycles. The van der Waals surface area contributed by atoms with Crippen LogP contribution in [-0.2, 0) is 12.8 Å². The summed E-state index contributed by atoms with van der Waals surface area (Å²) in [5.41, 5.74) is 18.1. The van der Waals surface area contributed by atoms with E-state index < -0.39 is 0 Å². The van der Waals surface area contributed by atoms with Crippen LogP contribution in [0.2, 0.25) is 5.02 Å². The number of fused-ring (bicyclic) bond motifs is 8. The predicted molar refractivity (Wildman–Crippen MR) is 160 cm³/mol. The molecule has 0 aliphatic carbocycles. The average molecular weight is 513 g/mol. The largest absolute Gasteiger partial charge is 0.355 e. The minimum atomic E-state index is 0.643. The van der Waals surface area contributed by atoms with E-state index in [1.807, 2.05) is 0 Å². The number of H-pyrrole nitrogens is 2. The highest BCUT2D eigenvalue weighted by atomic mass is 35.5. The lowest BCUT2D eigenvalue weighted by atomic mass is 10.0. The Balaban J connectivity index is 2.04. The zero-order valence-electron chi connectivity index (χ0n) is 23.3. The second-order valence-corrected chi connectivity index (χ2v) is 10.5. The highest BCUT2D eigenvalue weighted by Crippen LogP contribution is 2.41. The summed E-state index contributed by atoms with van der Waals surface area (Å²) < 4.78 is 0. The molecule has 0 saturated carbocycles. The summed E-state index contributed by atoms with van der Waals surface area (Å²) in [6, 6.07) is 6.67. The third kappa shape index (κ3) is 3.97. The van der Waals surface area contributed by atoms with Crippen molar-refractivity contribution < 1.29 is 0 Å². The van der Waals surface area contributed by atoms with Gasteiger partial charge in [0.05, 0.1) is 27.8 Å². The van der Waals surface area contributed by atoms with Crippen molar-refractivity contribution in [3.8, 4) is 0 Å². The smallest absolute Gasteiger partial charge is 0.0925 e. The number of rotatable bonds is 4. The van der Waals surface area contributed by atoms with E-state index in [0.29, 0.717) is 5.02 Å². The molecular formula is C32H37ClN4. The number of allylic oxidation sites excluding steroid dienone is 4. The van der Waals surface area contributed by atoms with Crippen LogP contribution < -0.4 is 0 Å². The second-order valence-electron chi connectivity index (χ2n) is 10.2. The van der Waals surface area contributed by atoms with E-state index in [-0.39, 0.29) is 0 Å². The summed E-state index contributed by atoms with van der Waals surface area (Å²) in [5, 5.41) is 0.643. The normalized spacial score (nSPS) is 13.8. The molecule has 5 heteroatoms. The quantitative estimate of drug-likeness (QED) is 0.365. The van der Waals surface area contributed by atoms with Crippen molar-refractivity contribution in [2.75, 3.05) is 0 Å². The van der Waals surface area contributed by atoms with Gasteiger partial charge in [-0.3, -0.25) is 0 Å². The number of aromatic nitrogens is 4. The van der Waals surface area contributed by atoms with Gasteiger partial charge in [0, 0.05) is 22.1 Å². The Morgan fingerprint density at radius 3 is 1.68 bits per heavy atom. The fourth-order valence-electron chi connectivity index (χ4n) is 6.08. The zero-order chi connectivity index (χ0) is 26.6. The van der Waals surface area contributed by atoms with Crippen molar-refractivity contribution >= 4 is 56.0 Å². The lowest BCUT2D eigenvalue weighted by Crippen LogP contribution is -1.88. The van der Waals surface area contributed by atoms with Gasteiger partial charge in [-0.15, -0.1) is 0 Å². The van der Waals surface area contributed by atoms with E-state index in [1.54, 1.807) is 0 Å². The van der Waals surface area contributed by atoms with Gasteiger partial charge in [0.2, 0.25) is 0 Å². The van der Waals surface area contributed by atoms with Gasteiger partial charge in [0.15, 0.2) is 0 Å². The van der Waals surface area contributed by atoms with Crippen LogP contribution >= 0.6 is 11.6 Å². The molecule has 8 bridgehead atoms. The van der Waals surface area contributed by atoms with E-state index >= 15 is 0 Å². The molecule has 0 amide bonds. The van der Waals surface area contributed by atoms with Crippen molar-refractivity contribution in [3.05, 3.63) is 68.3 Å². The van der Waals surface area contributed by atoms with Gasteiger partial charge in [0.1, 0.15) is 0 Å². The maximum Gasteiger partial charge on any atom is 0.0925 e. The first-order chi connectivity index (χ1) is 17.7. The van der Waals surface area contributed by atoms with E-state index in [1.165, 1.54) is 39.0 Å². The minimum absolute atomic E-state index is 0.643. The predicted octanol–water partition coefficient (Wildman–Crippen LogP) is 9.39. The molecule has 5 heterocycles. The summed E-state index contributed by atoms with van der Waals surface area (Å²) in [4.78, 5) is 17.6. The monoisotopic (exact) mass is 512 g/mol. The van der Waals surface area contributed by atoms with Crippen LogP contribution in [0.5, 0.6) is 0 Å². The maximum absolute atomic E-state index is 7.15. The minimum Gasteiger partial charge on any atom is -0.355 e. The molecule has 0 spiro atoms. The van der Waals surface area contributed by atoms with Crippen molar-refractivity contribution in [1.29, 1.82) is 0 Å². The van der Waals surface area contributed by atoms with Gasteiger partial charge in [-0.05, 0) is 116 Å². The molecule has 0 aromatic carbocycles. The molecule has 4 nitrogen and oxygen atoms in total. The first-order valence-electron chi connectivity index (χ1n) is 13.6. The molecule has 0 unspecified atom stereocenters. The number of halogens is 1. The summed E-state index contributed by atoms with van der Waals surface area (Å²) >= 11 is 7.15. The maximum atomic E-state index is 7.15. The van der Waals surface area contributed by atoms with E-state index in [0.717, 1.165) is 76.1 Å². The molecule has 0 fully saturated rings. The zero-order valence-corrected chi connectivity index (χ0v) is 24.1. The van der Waals surface area contributed by atoms with Crippen LogP contribution in [0.3, 0.4) is 0 Å². The lowest BCUT2D eigenvalue weighted by Gasteiger charge is -2.04. The standard InChI is InChI=1S/C32H37ClN4/c1-9-20-17(6)25-14-29-22(11-3)19(8)31(37-29)30(33)32-23(12-4)18(7)26(36-32)15-28-21(10-2)16(5)24(34-28)13-27(20)35-25/h13-15,34-35H,9-12H2,1-8H3. The summed E-state index contributed by atoms with van der Waals surface area (Å²) in [6.45, 7) is 17.5. The highest BCUT2D eigenvalue weighted by Gasteiger charge is 2.24. The molecule has 2 N–H and O–H groups in total. The lowest BCUT2D eigenvalue weighted by molar-refractivity contribution is 1.14. The first kappa shape index (κ1) is 25.5. The molecule has 0 saturated heterocycles. The third-order valence-electron chi connectivity index (χ3n) is 8.29. The number of hydrogen-bond acceptors (Lipinski definition) is 2. The summed E-state index contributed by atoms with van der Waals surface area (Å²) in [7, 11) is 0.